The predicted octanol–water partition coefficient (Wildman–Crippen LogP) is 0.459. The number of carbonyl (C=O) groups is 1. The molecule has 0 radical (unpaired) electrons. The monoisotopic (exact) mass is 333 g/mol. The number of piperidine rings is 1. The second-order valence-electron chi connectivity index (χ2n) is 7.06. The van der Waals surface area contributed by atoms with E-state index in [9.17, 15) is 9.59 Å². The summed E-state index contributed by atoms with van der Waals surface area (Å²) in [5, 5.41) is 0. The van der Waals surface area contributed by atoms with E-state index in [1.165, 1.54) is 12.5 Å². The number of anilines is 1. The number of amides is 1. The number of aromatic nitrogens is 2. The van der Waals surface area contributed by atoms with Gasteiger partial charge in [-0.15, -0.1) is 0 Å². The smallest absolute Gasteiger partial charge is 0.252 e. The fourth-order valence-corrected chi connectivity index (χ4v) is 3.54. The summed E-state index contributed by atoms with van der Waals surface area (Å²) in [5.74, 6) is 1.50. The predicted molar refractivity (Wildman–Crippen MR) is 93.2 cm³/mol. The molecule has 0 saturated carbocycles. The minimum absolute atomic E-state index is 0.116. The number of nitrogens with one attached hydrogen (secondary N) is 1. The largest absolute Gasteiger partial charge is 0.341 e. The van der Waals surface area contributed by atoms with Crippen LogP contribution in [0.25, 0.3) is 0 Å². The van der Waals surface area contributed by atoms with Crippen LogP contribution in [0.3, 0.4) is 0 Å². The lowest BCUT2D eigenvalue weighted by molar-refractivity contribution is -0.134. The van der Waals surface area contributed by atoms with E-state index in [1.54, 1.807) is 0 Å². The first-order valence-corrected chi connectivity index (χ1v) is 8.84. The summed E-state index contributed by atoms with van der Waals surface area (Å²) < 4.78 is 0. The summed E-state index contributed by atoms with van der Waals surface area (Å²) in [7, 11) is 0. The second kappa shape index (κ2) is 7.34. The number of hydrogen-bond acceptors (Lipinski definition) is 5. The highest BCUT2D eigenvalue weighted by Gasteiger charge is 2.25. The quantitative estimate of drug-likeness (QED) is 0.870. The lowest BCUT2D eigenvalue weighted by Gasteiger charge is -2.37. The third-order valence-corrected chi connectivity index (χ3v) is 4.90. The second-order valence-corrected chi connectivity index (χ2v) is 7.06. The first-order chi connectivity index (χ1) is 11.5. The van der Waals surface area contributed by atoms with Gasteiger partial charge in [0.2, 0.25) is 11.9 Å². The third-order valence-electron chi connectivity index (χ3n) is 4.90. The number of carbonyl (C=O) groups excluding carboxylic acids is 1. The van der Waals surface area contributed by atoms with Crippen molar-refractivity contribution in [2.24, 2.45) is 5.92 Å². The van der Waals surface area contributed by atoms with E-state index in [0.29, 0.717) is 18.4 Å². The molecule has 0 aliphatic carbocycles. The fraction of sp³-hybridized carbons (Fsp3) is 0.706. The molecule has 3 heterocycles. The van der Waals surface area contributed by atoms with Crippen LogP contribution < -0.4 is 10.5 Å². The topological polar surface area (TPSA) is 72.5 Å². The van der Waals surface area contributed by atoms with Crippen molar-refractivity contribution in [1.29, 1.82) is 0 Å². The van der Waals surface area contributed by atoms with Gasteiger partial charge >= 0.3 is 0 Å². The van der Waals surface area contributed by atoms with Crippen LogP contribution in [0.4, 0.5) is 5.95 Å². The van der Waals surface area contributed by atoms with E-state index >= 15 is 0 Å². The average molecular weight is 333 g/mol. The lowest BCUT2D eigenvalue weighted by atomic mass is 10.0. The van der Waals surface area contributed by atoms with Gasteiger partial charge in [0, 0.05) is 51.0 Å². The highest BCUT2D eigenvalue weighted by atomic mass is 16.2. The van der Waals surface area contributed by atoms with Crippen molar-refractivity contribution in [2.45, 2.75) is 26.7 Å². The third kappa shape index (κ3) is 4.14. The zero-order valence-electron chi connectivity index (χ0n) is 14.6. The van der Waals surface area contributed by atoms with Gasteiger partial charge in [-0.2, -0.15) is 0 Å². The van der Waals surface area contributed by atoms with Gasteiger partial charge < -0.3 is 9.80 Å². The number of likely N-dealkylation sites (tertiary alicyclic amines) is 1. The Bertz CT molecular complexity index is 636. The van der Waals surface area contributed by atoms with Crippen LogP contribution in [0.2, 0.25) is 0 Å². The van der Waals surface area contributed by atoms with Gasteiger partial charge in [-0.1, -0.05) is 6.92 Å². The molecule has 0 bridgehead atoms. The number of hydrogen-bond donors (Lipinski definition) is 1. The van der Waals surface area contributed by atoms with E-state index in [2.05, 4.69) is 26.7 Å². The Hall–Kier alpha value is -1.89. The van der Waals surface area contributed by atoms with Crippen molar-refractivity contribution in [2.75, 3.05) is 50.7 Å². The van der Waals surface area contributed by atoms with Crippen LogP contribution in [0.15, 0.2) is 10.9 Å². The molecule has 0 aromatic carbocycles. The molecule has 1 aromatic rings. The molecule has 1 N–H and O–H groups in total. The summed E-state index contributed by atoms with van der Waals surface area (Å²) in [5.41, 5.74) is 0.611. The molecule has 2 aliphatic heterocycles. The van der Waals surface area contributed by atoms with Crippen molar-refractivity contribution < 1.29 is 4.79 Å². The molecule has 132 valence electrons. The van der Waals surface area contributed by atoms with Gasteiger partial charge in [0.05, 0.1) is 6.54 Å². The Morgan fingerprint density at radius 2 is 2.04 bits per heavy atom. The molecule has 0 unspecified atom stereocenters. The van der Waals surface area contributed by atoms with E-state index < -0.39 is 0 Å². The maximum atomic E-state index is 12.5. The zero-order valence-corrected chi connectivity index (χ0v) is 14.6. The average Bonchev–Trinajstić information content (AvgIpc) is 2.54. The maximum Gasteiger partial charge on any atom is 0.252 e. The van der Waals surface area contributed by atoms with Gasteiger partial charge in [0.1, 0.15) is 0 Å². The van der Waals surface area contributed by atoms with Gasteiger partial charge in [-0.05, 0) is 25.7 Å². The van der Waals surface area contributed by atoms with E-state index in [-0.39, 0.29) is 11.5 Å². The van der Waals surface area contributed by atoms with Crippen LogP contribution in [-0.2, 0) is 4.79 Å². The minimum Gasteiger partial charge on any atom is -0.341 e. The Balaban J connectivity index is 1.51. The van der Waals surface area contributed by atoms with Crippen molar-refractivity contribution >= 4 is 11.9 Å². The number of rotatable bonds is 3. The van der Waals surface area contributed by atoms with Gasteiger partial charge in [0.25, 0.3) is 5.56 Å². The number of nitrogens with zero attached hydrogens (tertiary/aromatic N) is 4. The highest BCUT2D eigenvalue weighted by molar-refractivity contribution is 5.78. The molecule has 1 amide bonds. The van der Waals surface area contributed by atoms with Crippen molar-refractivity contribution in [3.05, 3.63) is 22.1 Å². The Labute approximate surface area is 142 Å². The number of aryl methyl sites for hydroxylation is 1. The van der Waals surface area contributed by atoms with Gasteiger partial charge in [0.15, 0.2) is 0 Å². The van der Waals surface area contributed by atoms with E-state index in [4.69, 9.17) is 0 Å². The summed E-state index contributed by atoms with van der Waals surface area (Å²) in [6.07, 6.45) is 2.34. The zero-order chi connectivity index (χ0) is 17.1. The maximum absolute atomic E-state index is 12.5. The fourth-order valence-electron chi connectivity index (χ4n) is 3.54. The van der Waals surface area contributed by atoms with Crippen LogP contribution in [0.1, 0.15) is 25.5 Å². The lowest BCUT2D eigenvalue weighted by Crippen LogP contribution is -2.51. The van der Waals surface area contributed by atoms with Crippen LogP contribution >= 0.6 is 0 Å². The number of aromatic amines is 1. The molecule has 7 nitrogen and oxygen atoms in total. The van der Waals surface area contributed by atoms with Crippen LogP contribution in [-0.4, -0.2) is 71.5 Å². The molecule has 2 aliphatic rings. The molecule has 1 atom stereocenters. The highest BCUT2D eigenvalue weighted by Crippen LogP contribution is 2.16. The van der Waals surface area contributed by atoms with Gasteiger partial charge in [-0.3, -0.25) is 19.5 Å². The number of H-pyrrole nitrogens is 1. The summed E-state index contributed by atoms with van der Waals surface area (Å²) >= 11 is 0. The summed E-state index contributed by atoms with van der Waals surface area (Å²) in [6.45, 7) is 9.51. The molecule has 3 rings (SSSR count). The SMILES string of the molecule is Cc1cc(=O)[nH]c(N2CCN(CC(=O)N3CCC[C@@H](C)C3)CC2)n1. The van der Waals surface area contributed by atoms with E-state index in [0.717, 1.165) is 51.4 Å². The minimum atomic E-state index is -0.116. The molecule has 2 saturated heterocycles. The first kappa shape index (κ1) is 17.0. The van der Waals surface area contributed by atoms with Crippen LogP contribution in [0.5, 0.6) is 0 Å². The Kier molecular flexibility index (Phi) is 5.18. The van der Waals surface area contributed by atoms with Crippen molar-refractivity contribution in [1.82, 2.24) is 19.8 Å². The molecule has 24 heavy (non-hydrogen) atoms. The van der Waals surface area contributed by atoms with Crippen molar-refractivity contribution in [3.8, 4) is 0 Å². The summed E-state index contributed by atoms with van der Waals surface area (Å²) in [6, 6.07) is 1.50. The Morgan fingerprint density at radius 1 is 1.29 bits per heavy atom. The standard InChI is InChI=1S/C17H27N5O2/c1-13-4-3-5-22(11-13)16(24)12-20-6-8-21(9-7-20)17-18-14(2)10-15(23)19-17/h10,13H,3-9,11-12H2,1-2H3,(H,18,19,23)/t13-/m1/s1. The van der Waals surface area contributed by atoms with Crippen LogP contribution in [0, 0.1) is 12.8 Å². The number of piperazine rings is 1. The molecule has 7 heteroatoms. The van der Waals surface area contributed by atoms with E-state index in [1.807, 2.05) is 11.8 Å². The molecule has 0 spiro atoms. The Morgan fingerprint density at radius 3 is 2.71 bits per heavy atom. The molecular weight excluding hydrogens is 306 g/mol. The first-order valence-electron chi connectivity index (χ1n) is 8.84. The normalized spacial score (nSPS) is 22.7. The van der Waals surface area contributed by atoms with Crippen molar-refractivity contribution in [3.63, 3.8) is 0 Å². The molecular formula is C17H27N5O2. The van der Waals surface area contributed by atoms with Gasteiger partial charge in [-0.25, -0.2) is 4.98 Å². The molecule has 1 aromatic heterocycles. The molecule has 2 fully saturated rings. The summed E-state index contributed by atoms with van der Waals surface area (Å²) in [4.78, 5) is 37.5.